The van der Waals surface area contributed by atoms with Gasteiger partial charge in [0.2, 0.25) is 0 Å². The Labute approximate surface area is 104 Å². The van der Waals surface area contributed by atoms with Gasteiger partial charge >= 0.3 is 0 Å². The summed E-state index contributed by atoms with van der Waals surface area (Å²) in [6, 6.07) is 9.22. The Morgan fingerprint density at radius 1 is 1.29 bits per heavy atom. The lowest BCUT2D eigenvalue weighted by Gasteiger charge is -2.29. The smallest absolute Gasteiger partial charge is 0.0604 e. The molecule has 0 bridgehead atoms. The van der Waals surface area contributed by atoms with Crippen LogP contribution < -0.4 is 15.1 Å². The fourth-order valence-corrected chi connectivity index (χ4v) is 2.43. The molecule has 1 aromatic carbocycles. The first-order valence-electron chi connectivity index (χ1n) is 6.43. The summed E-state index contributed by atoms with van der Waals surface area (Å²) in [5, 5.41) is 3.54. The highest BCUT2D eigenvalue weighted by molar-refractivity contribution is 5.70. The third kappa shape index (κ3) is 2.91. The van der Waals surface area contributed by atoms with Crippen LogP contribution in [0.2, 0.25) is 0 Å². The van der Waals surface area contributed by atoms with Crippen molar-refractivity contribution in [2.24, 2.45) is 0 Å². The fourth-order valence-electron chi connectivity index (χ4n) is 2.43. The quantitative estimate of drug-likeness (QED) is 0.842. The van der Waals surface area contributed by atoms with Crippen molar-refractivity contribution < 1.29 is 0 Å². The zero-order valence-electron chi connectivity index (χ0n) is 11.1. The minimum absolute atomic E-state index is 0.563. The molecular weight excluding hydrogens is 210 g/mol. The number of benzene rings is 1. The van der Waals surface area contributed by atoms with Crippen LogP contribution in [0.4, 0.5) is 11.4 Å². The molecule has 3 nitrogen and oxygen atoms in total. The van der Waals surface area contributed by atoms with Crippen LogP contribution in [-0.4, -0.2) is 39.8 Å². The van der Waals surface area contributed by atoms with E-state index in [1.807, 2.05) is 0 Å². The topological polar surface area (TPSA) is 18.5 Å². The number of para-hydroxylation sites is 2. The van der Waals surface area contributed by atoms with Gasteiger partial charge in [0.1, 0.15) is 0 Å². The predicted octanol–water partition coefficient (Wildman–Crippen LogP) is 1.94. The van der Waals surface area contributed by atoms with Gasteiger partial charge in [0.15, 0.2) is 0 Å². The van der Waals surface area contributed by atoms with Crippen LogP contribution >= 0.6 is 0 Å². The average molecular weight is 233 g/mol. The molecule has 0 radical (unpaired) electrons. The van der Waals surface area contributed by atoms with E-state index in [-0.39, 0.29) is 0 Å². The zero-order valence-corrected chi connectivity index (χ0v) is 11.1. The summed E-state index contributed by atoms with van der Waals surface area (Å²) < 4.78 is 0. The van der Waals surface area contributed by atoms with Crippen LogP contribution in [0.5, 0.6) is 0 Å². The number of rotatable bonds is 2. The Hall–Kier alpha value is -1.22. The van der Waals surface area contributed by atoms with Crippen molar-refractivity contribution in [3.63, 3.8) is 0 Å². The van der Waals surface area contributed by atoms with Crippen LogP contribution in [0.15, 0.2) is 24.3 Å². The standard InChI is InChI=1S/C14H23N3/c1-12-11-17(10-6-9-15-12)14-8-5-4-7-13(14)16(2)3/h4-5,7-8,12,15H,6,9-11H2,1-3H3. The fraction of sp³-hybridized carbons (Fsp3) is 0.571. The Morgan fingerprint density at radius 2 is 2.06 bits per heavy atom. The first kappa shape index (κ1) is 12.2. The summed E-state index contributed by atoms with van der Waals surface area (Å²) >= 11 is 0. The maximum Gasteiger partial charge on any atom is 0.0604 e. The highest BCUT2D eigenvalue weighted by atomic mass is 15.2. The molecule has 1 aromatic rings. The second-order valence-corrected chi connectivity index (χ2v) is 5.04. The number of hydrogen-bond donors (Lipinski definition) is 1. The molecule has 1 heterocycles. The van der Waals surface area contributed by atoms with Gasteiger partial charge in [-0.05, 0) is 32.0 Å². The monoisotopic (exact) mass is 233 g/mol. The van der Waals surface area contributed by atoms with Gasteiger partial charge in [-0.25, -0.2) is 0 Å². The second kappa shape index (κ2) is 5.41. The average Bonchev–Trinajstić information content (AvgIpc) is 2.54. The Morgan fingerprint density at radius 3 is 2.82 bits per heavy atom. The van der Waals surface area contributed by atoms with Gasteiger partial charge < -0.3 is 15.1 Å². The SMILES string of the molecule is CC1CN(c2ccccc2N(C)C)CCCN1. The van der Waals surface area contributed by atoms with Crippen molar-refractivity contribution in [2.45, 2.75) is 19.4 Å². The summed E-state index contributed by atoms with van der Waals surface area (Å²) in [4.78, 5) is 4.69. The van der Waals surface area contributed by atoms with E-state index in [1.165, 1.54) is 17.8 Å². The molecule has 1 aliphatic rings. The highest BCUT2D eigenvalue weighted by Crippen LogP contribution is 2.28. The van der Waals surface area contributed by atoms with Crippen LogP contribution in [-0.2, 0) is 0 Å². The summed E-state index contributed by atoms with van der Waals surface area (Å²) in [5.41, 5.74) is 2.66. The van der Waals surface area contributed by atoms with Crippen molar-refractivity contribution in [1.82, 2.24) is 5.32 Å². The summed E-state index contributed by atoms with van der Waals surface area (Å²) in [6.07, 6.45) is 1.21. The summed E-state index contributed by atoms with van der Waals surface area (Å²) in [7, 11) is 4.22. The highest BCUT2D eigenvalue weighted by Gasteiger charge is 2.17. The molecule has 0 aliphatic carbocycles. The third-order valence-electron chi connectivity index (χ3n) is 3.30. The van der Waals surface area contributed by atoms with Gasteiger partial charge in [0.25, 0.3) is 0 Å². The molecule has 94 valence electrons. The van der Waals surface area contributed by atoms with E-state index in [0.717, 1.165) is 19.6 Å². The van der Waals surface area contributed by atoms with Crippen molar-refractivity contribution in [2.75, 3.05) is 43.5 Å². The van der Waals surface area contributed by atoms with E-state index in [0.29, 0.717) is 6.04 Å². The first-order chi connectivity index (χ1) is 8.18. The molecule has 17 heavy (non-hydrogen) atoms. The largest absolute Gasteiger partial charge is 0.376 e. The number of nitrogens with one attached hydrogen (secondary N) is 1. The minimum Gasteiger partial charge on any atom is -0.376 e. The van der Waals surface area contributed by atoms with Gasteiger partial charge in [-0.1, -0.05) is 12.1 Å². The Kier molecular flexibility index (Phi) is 3.89. The minimum atomic E-state index is 0.563. The van der Waals surface area contributed by atoms with E-state index in [9.17, 15) is 0 Å². The first-order valence-corrected chi connectivity index (χ1v) is 6.43. The van der Waals surface area contributed by atoms with E-state index in [1.54, 1.807) is 0 Å². The van der Waals surface area contributed by atoms with Gasteiger partial charge in [0.05, 0.1) is 11.4 Å². The molecule has 0 aromatic heterocycles. The van der Waals surface area contributed by atoms with E-state index in [2.05, 4.69) is 60.4 Å². The molecule has 0 saturated carbocycles. The Bertz CT molecular complexity index is 362. The number of anilines is 2. The molecule has 1 fully saturated rings. The van der Waals surface area contributed by atoms with E-state index >= 15 is 0 Å². The molecule has 1 unspecified atom stereocenters. The molecule has 0 amide bonds. The third-order valence-corrected chi connectivity index (χ3v) is 3.30. The predicted molar refractivity (Wildman–Crippen MR) is 75.1 cm³/mol. The molecule has 0 spiro atoms. The van der Waals surface area contributed by atoms with Crippen molar-refractivity contribution >= 4 is 11.4 Å². The maximum absolute atomic E-state index is 3.54. The lowest BCUT2D eigenvalue weighted by molar-refractivity contribution is 0.585. The van der Waals surface area contributed by atoms with Crippen LogP contribution in [0.25, 0.3) is 0 Å². The van der Waals surface area contributed by atoms with Crippen molar-refractivity contribution in [3.8, 4) is 0 Å². The molecule has 1 saturated heterocycles. The Balaban J connectivity index is 2.25. The number of hydrogen-bond acceptors (Lipinski definition) is 3. The molecule has 1 N–H and O–H groups in total. The lowest BCUT2D eigenvalue weighted by atomic mass is 10.2. The zero-order chi connectivity index (χ0) is 12.3. The molecule has 2 rings (SSSR count). The summed E-state index contributed by atoms with van der Waals surface area (Å²) in [6.45, 7) is 5.62. The maximum atomic E-state index is 3.54. The van der Waals surface area contributed by atoms with Crippen LogP contribution in [0.1, 0.15) is 13.3 Å². The molecule has 3 heteroatoms. The molecular formula is C14H23N3. The van der Waals surface area contributed by atoms with Gasteiger partial charge in [0, 0.05) is 33.2 Å². The number of nitrogens with zero attached hydrogens (tertiary/aromatic N) is 2. The van der Waals surface area contributed by atoms with E-state index < -0.39 is 0 Å². The van der Waals surface area contributed by atoms with Crippen LogP contribution in [0, 0.1) is 0 Å². The summed E-state index contributed by atoms with van der Waals surface area (Å²) in [5.74, 6) is 0. The van der Waals surface area contributed by atoms with Gasteiger partial charge in [-0.3, -0.25) is 0 Å². The normalized spacial score (nSPS) is 21.1. The van der Waals surface area contributed by atoms with Crippen molar-refractivity contribution in [3.05, 3.63) is 24.3 Å². The van der Waals surface area contributed by atoms with Gasteiger partial charge in [-0.15, -0.1) is 0 Å². The second-order valence-electron chi connectivity index (χ2n) is 5.04. The van der Waals surface area contributed by atoms with Crippen molar-refractivity contribution in [1.29, 1.82) is 0 Å². The lowest BCUT2D eigenvalue weighted by Crippen LogP contribution is -2.35. The van der Waals surface area contributed by atoms with E-state index in [4.69, 9.17) is 0 Å². The molecule has 1 aliphatic heterocycles. The van der Waals surface area contributed by atoms with Crippen LogP contribution in [0.3, 0.4) is 0 Å². The molecule has 1 atom stereocenters. The van der Waals surface area contributed by atoms with Gasteiger partial charge in [-0.2, -0.15) is 0 Å².